The molecule has 1 aromatic carbocycles. The van der Waals surface area contributed by atoms with Gasteiger partial charge in [0.1, 0.15) is 0 Å². The van der Waals surface area contributed by atoms with Crippen LogP contribution in [-0.2, 0) is 14.0 Å². The van der Waals surface area contributed by atoms with E-state index in [2.05, 4.69) is 4.74 Å². The third kappa shape index (κ3) is 3.59. The van der Waals surface area contributed by atoms with Gasteiger partial charge >= 0.3 is 13.1 Å². The van der Waals surface area contributed by atoms with Gasteiger partial charge in [-0.25, -0.2) is 4.79 Å². The van der Waals surface area contributed by atoms with Crippen LogP contribution in [0.5, 0.6) is 0 Å². The average molecular weight is 293 g/mol. The predicted octanol–water partition coefficient (Wildman–Crippen LogP) is 1.15. The van der Waals surface area contributed by atoms with Crippen molar-refractivity contribution in [2.75, 3.05) is 20.3 Å². The molecule has 0 saturated carbocycles. The zero-order chi connectivity index (χ0) is 15.6. The van der Waals surface area contributed by atoms with Crippen molar-refractivity contribution in [1.82, 2.24) is 0 Å². The van der Waals surface area contributed by atoms with Gasteiger partial charge < -0.3 is 14.0 Å². The number of non-ortho nitro benzene ring substituents is 1. The van der Waals surface area contributed by atoms with E-state index in [9.17, 15) is 14.9 Å². The van der Waals surface area contributed by atoms with Crippen LogP contribution in [0.25, 0.3) is 0 Å². The third-order valence-electron chi connectivity index (χ3n) is 3.10. The molecule has 0 amide bonds. The lowest BCUT2D eigenvalue weighted by molar-refractivity contribution is -0.384. The SMILES string of the molecule is COC(=O)c1cc(B2OCC(C)(C)CO2)cc([N+](=O)[O-])c1. The van der Waals surface area contributed by atoms with Crippen LogP contribution in [0.3, 0.4) is 0 Å². The van der Waals surface area contributed by atoms with E-state index in [1.807, 2.05) is 13.8 Å². The summed E-state index contributed by atoms with van der Waals surface area (Å²) >= 11 is 0. The minimum absolute atomic E-state index is 0.0960. The summed E-state index contributed by atoms with van der Waals surface area (Å²) in [7, 11) is 0.498. The number of hydrogen-bond acceptors (Lipinski definition) is 6. The number of ether oxygens (including phenoxy) is 1. The highest BCUT2D eigenvalue weighted by Crippen LogP contribution is 2.22. The lowest BCUT2D eigenvalue weighted by Crippen LogP contribution is -2.47. The molecule has 0 unspecified atom stereocenters. The lowest BCUT2D eigenvalue weighted by atomic mass is 9.75. The second-order valence-electron chi connectivity index (χ2n) is 5.68. The smallest absolute Gasteiger partial charge is 0.465 e. The Balaban J connectivity index is 2.32. The van der Waals surface area contributed by atoms with Crippen LogP contribution in [0.4, 0.5) is 5.69 Å². The maximum Gasteiger partial charge on any atom is 0.494 e. The summed E-state index contributed by atoms with van der Waals surface area (Å²) in [6.45, 7) is 4.93. The second-order valence-corrected chi connectivity index (χ2v) is 5.68. The minimum atomic E-state index is -0.721. The molecule has 1 fully saturated rings. The largest absolute Gasteiger partial charge is 0.494 e. The zero-order valence-corrected chi connectivity index (χ0v) is 12.1. The van der Waals surface area contributed by atoms with Crippen LogP contribution in [0.2, 0.25) is 0 Å². The molecule has 112 valence electrons. The van der Waals surface area contributed by atoms with Gasteiger partial charge in [-0.3, -0.25) is 10.1 Å². The lowest BCUT2D eigenvalue weighted by Gasteiger charge is -2.33. The van der Waals surface area contributed by atoms with Gasteiger partial charge in [0.05, 0.1) is 17.6 Å². The van der Waals surface area contributed by atoms with E-state index in [1.165, 1.54) is 25.3 Å². The Labute approximate surface area is 122 Å². The number of esters is 1. The van der Waals surface area contributed by atoms with Crippen LogP contribution in [0, 0.1) is 15.5 Å². The Hall–Kier alpha value is -1.93. The van der Waals surface area contributed by atoms with Crippen LogP contribution in [0.15, 0.2) is 18.2 Å². The molecule has 0 spiro atoms. The van der Waals surface area contributed by atoms with Crippen molar-refractivity contribution >= 4 is 24.2 Å². The molecule has 1 aromatic rings. The highest BCUT2D eigenvalue weighted by molar-refractivity contribution is 6.61. The van der Waals surface area contributed by atoms with Crippen LogP contribution >= 0.6 is 0 Å². The molecule has 1 aliphatic heterocycles. The highest BCUT2D eigenvalue weighted by Gasteiger charge is 2.34. The molecular weight excluding hydrogens is 277 g/mol. The number of carbonyl (C=O) groups excluding carboxylic acids is 1. The standard InChI is InChI=1S/C13H16BNO6/c1-13(2)7-20-14(21-8-13)10-4-9(12(16)19-3)5-11(6-10)15(17)18/h4-6H,7-8H2,1-3H3. The Morgan fingerprint density at radius 1 is 1.33 bits per heavy atom. The molecule has 2 rings (SSSR count). The molecular formula is C13H16BNO6. The molecule has 21 heavy (non-hydrogen) atoms. The number of nitro benzene ring substituents is 1. The van der Waals surface area contributed by atoms with E-state index in [1.54, 1.807) is 0 Å². The van der Waals surface area contributed by atoms with E-state index in [0.29, 0.717) is 18.7 Å². The fourth-order valence-electron chi connectivity index (χ4n) is 2.00. The molecule has 0 aromatic heterocycles. The minimum Gasteiger partial charge on any atom is -0.465 e. The van der Waals surface area contributed by atoms with E-state index < -0.39 is 18.0 Å². The first-order chi connectivity index (χ1) is 9.82. The second kappa shape index (κ2) is 5.83. The summed E-state index contributed by atoms with van der Waals surface area (Å²) in [5, 5.41) is 11.0. The van der Waals surface area contributed by atoms with Crippen LogP contribution < -0.4 is 5.46 Å². The molecule has 1 heterocycles. The quantitative estimate of drug-likeness (QED) is 0.359. The van der Waals surface area contributed by atoms with E-state index in [-0.39, 0.29) is 16.7 Å². The van der Waals surface area contributed by atoms with Gasteiger partial charge in [-0.15, -0.1) is 0 Å². The number of hydrogen-bond donors (Lipinski definition) is 0. The first kappa shape index (κ1) is 15.5. The molecule has 1 aliphatic rings. The Kier molecular flexibility index (Phi) is 4.29. The van der Waals surface area contributed by atoms with Crippen molar-refractivity contribution < 1.29 is 23.8 Å². The molecule has 0 aliphatic carbocycles. The number of rotatable bonds is 3. The van der Waals surface area contributed by atoms with Crippen molar-refractivity contribution in [1.29, 1.82) is 0 Å². The number of methoxy groups -OCH3 is 1. The van der Waals surface area contributed by atoms with Crippen LogP contribution in [0.1, 0.15) is 24.2 Å². The fourth-order valence-corrected chi connectivity index (χ4v) is 2.00. The third-order valence-corrected chi connectivity index (χ3v) is 3.10. The number of nitrogens with zero attached hydrogens (tertiary/aromatic N) is 1. The van der Waals surface area contributed by atoms with Crippen molar-refractivity contribution in [3.05, 3.63) is 33.9 Å². The first-order valence-electron chi connectivity index (χ1n) is 6.43. The van der Waals surface area contributed by atoms with Crippen LogP contribution in [-0.4, -0.2) is 38.3 Å². The van der Waals surface area contributed by atoms with E-state index in [0.717, 1.165) is 0 Å². The van der Waals surface area contributed by atoms with Gasteiger partial charge in [0.25, 0.3) is 5.69 Å². The zero-order valence-electron chi connectivity index (χ0n) is 12.1. The molecule has 0 radical (unpaired) electrons. The topological polar surface area (TPSA) is 87.9 Å². The molecule has 0 atom stereocenters. The molecule has 7 nitrogen and oxygen atoms in total. The summed E-state index contributed by atoms with van der Waals surface area (Å²) in [6, 6.07) is 4.00. The van der Waals surface area contributed by atoms with Gasteiger partial charge in [0, 0.05) is 30.8 Å². The van der Waals surface area contributed by atoms with Crippen molar-refractivity contribution in [2.45, 2.75) is 13.8 Å². The Bertz CT molecular complexity index is 564. The van der Waals surface area contributed by atoms with Gasteiger partial charge in [0.2, 0.25) is 0 Å². The van der Waals surface area contributed by atoms with Gasteiger partial charge in [-0.2, -0.15) is 0 Å². The summed E-state index contributed by atoms with van der Waals surface area (Å²) < 4.78 is 15.8. The van der Waals surface area contributed by atoms with Gasteiger partial charge in [0.15, 0.2) is 0 Å². The molecule has 8 heteroatoms. The number of carbonyl (C=O) groups is 1. The summed E-state index contributed by atoms with van der Waals surface area (Å²) in [5.41, 5.74) is 0.214. The number of nitro groups is 1. The van der Waals surface area contributed by atoms with Gasteiger partial charge in [-0.05, 0) is 11.5 Å². The molecule has 0 bridgehead atoms. The number of benzene rings is 1. The summed E-state index contributed by atoms with van der Waals surface area (Å²) in [6.07, 6.45) is 0. The highest BCUT2D eigenvalue weighted by atomic mass is 16.6. The van der Waals surface area contributed by atoms with E-state index >= 15 is 0 Å². The predicted molar refractivity (Wildman–Crippen MR) is 75.5 cm³/mol. The summed E-state index contributed by atoms with van der Waals surface area (Å²) in [5.74, 6) is -0.643. The Morgan fingerprint density at radius 2 is 1.95 bits per heavy atom. The monoisotopic (exact) mass is 293 g/mol. The van der Waals surface area contributed by atoms with Crippen molar-refractivity contribution in [3.63, 3.8) is 0 Å². The van der Waals surface area contributed by atoms with Crippen molar-refractivity contribution in [3.8, 4) is 0 Å². The van der Waals surface area contributed by atoms with E-state index in [4.69, 9.17) is 9.31 Å². The van der Waals surface area contributed by atoms with Crippen molar-refractivity contribution in [2.24, 2.45) is 5.41 Å². The average Bonchev–Trinajstić information content (AvgIpc) is 2.45. The first-order valence-corrected chi connectivity index (χ1v) is 6.43. The molecule has 1 saturated heterocycles. The molecule has 0 N–H and O–H groups in total. The van der Waals surface area contributed by atoms with Gasteiger partial charge in [-0.1, -0.05) is 13.8 Å². The Morgan fingerprint density at radius 3 is 2.48 bits per heavy atom. The summed E-state index contributed by atoms with van der Waals surface area (Å²) in [4.78, 5) is 22.0. The fraction of sp³-hybridized carbons (Fsp3) is 0.462. The normalized spacial score (nSPS) is 17.4. The maximum absolute atomic E-state index is 11.6. The maximum atomic E-state index is 11.6.